The van der Waals surface area contributed by atoms with Crippen molar-refractivity contribution in [1.29, 1.82) is 0 Å². The van der Waals surface area contributed by atoms with Gasteiger partial charge in [-0.15, -0.1) is 0 Å². The Morgan fingerprint density at radius 2 is 2.12 bits per heavy atom. The fraction of sp³-hybridized carbons (Fsp3) is 0.353. The van der Waals surface area contributed by atoms with Crippen molar-refractivity contribution in [3.8, 4) is 11.5 Å². The van der Waals surface area contributed by atoms with Crippen LogP contribution < -0.4 is 0 Å². The molecule has 0 aliphatic carbocycles. The number of ether oxygens (including phenoxy) is 2. The molecule has 1 N–H and O–H groups in total. The molecule has 1 aliphatic rings. The highest BCUT2D eigenvalue weighted by Crippen LogP contribution is 2.18. The zero-order chi connectivity index (χ0) is 16.2. The minimum atomic E-state index is 0.277. The van der Waals surface area contributed by atoms with Crippen LogP contribution >= 0.6 is 0 Å². The summed E-state index contributed by atoms with van der Waals surface area (Å²) in [7, 11) is 0. The molecule has 0 radical (unpaired) electrons. The van der Waals surface area contributed by atoms with Gasteiger partial charge in [0.25, 0.3) is 5.89 Å². The molecule has 0 aromatic carbocycles. The minimum absolute atomic E-state index is 0.277. The predicted molar refractivity (Wildman–Crippen MR) is 88.2 cm³/mol. The number of aromatic nitrogens is 4. The summed E-state index contributed by atoms with van der Waals surface area (Å²) in [5.74, 6) is 0.916. The number of rotatable bonds is 5. The second kappa shape index (κ2) is 6.94. The molecule has 24 heavy (non-hydrogen) atoms. The van der Waals surface area contributed by atoms with E-state index >= 15 is 0 Å². The van der Waals surface area contributed by atoms with Gasteiger partial charge in [-0.05, 0) is 31.0 Å². The standard InChI is InChI=1S/C17H18N4O3/c1(9-23-12-6-10-22-11-7-12)2-16-20-17(21-24-16)15-4-3-13-14(19-15)5-8-18-13/h1-5,8,12,18H,6-7,9-11H2/b2-1+. The summed E-state index contributed by atoms with van der Waals surface area (Å²) >= 11 is 0. The maximum Gasteiger partial charge on any atom is 0.250 e. The minimum Gasteiger partial charge on any atom is -0.381 e. The Labute approximate surface area is 138 Å². The zero-order valence-electron chi connectivity index (χ0n) is 13.1. The van der Waals surface area contributed by atoms with Crippen molar-refractivity contribution in [2.75, 3.05) is 19.8 Å². The van der Waals surface area contributed by atoms with Crippen LogP contribution in [0, 0.1) is 0 Å². The molecular weight excluding hydrogens is 308 g/mol. The van der Waals surface area contributed by atoms with Crippen molar-refractivity contribution >= 4 is 17.1 Å². The number of aromatic amines is 1. The summed E-state index contributed by atoms with van der Waals surface area (Å²) in [6, 6.07) is 5.73. The van der Waals surface area contributed by atoms with Crippen molar-refractivity contribution in [3.05, 3.63) is 36.4 Å². The molecule has 3 aromatic heterocycles. The summed E-state index contributed by atoms with van der Waals surface area (Å²) in [6.07, 6.45) is 7.68. The van der Waals surface area contributed by atoms with Gasteiger partial charge in [0, 0.05) is 25.5 Å². The van der Waals surface area contributed by atoms with Crippen LogP contribution in [0.3, 0.4) is 0 Å². The number of nitrogens with zero attached hydrogens (tertiary/aromatic N) is 3. The first-order valence-electron chi connectivity index (χ1n) is 8.02. The highest BCUT2D eigenvalue weighted by molar-refractivity contribution is 5.77. The van der Waals surface area contributed by atoms with Crippen LogP contribution in [-0.2, 0) is 9.47 Å². The molecule has 1 aliphatic heterocycles. The molecule has 0 atom stereocenters. The van der Waals surface area contributed by atoms with Crippen molar-refractivity contribution in [2.24, 2.45) is 0 Å². The van der Waals surface area contributed by atoms with Gasteiger partial charge < -0.3 is 19.0 Å². The topological polar surface area (TPSA) is 86.1 Å². The highest BCUT2D eigenvalue weighted by atomic mass is 16.5. The molecule has 7 nitrogen and oxygen atoms in total. The molecule has 7 heteroatoms. The summed E-state index contributed by atoms with van der Waals surface area (Å²) in [6.45, 7) is 2.08. The molecule has 124 valence electrons. The summed E-state index contributed by atoms with van der Waals surface area (Å²) in [5.41, 5.74) is 2.54. The number of nitrogens with one attached hydrogen (secondary N) is 1. The normalized spacial score (nSPS) is 16.3. The number of hydrogen-bond acceptors (Lipinski definition) is 6. The van der Waals surface area contributed by atoms with Gasteiger partial charge in [0.05, 0.1) is 23.7 Å². The molecule has 0 bridgehead atoms. The van der Waals surface area contributed by atoms with Gasteiger partial charge in [0.15, 0.2) is 0 Å². The largest absolute Gasteiger partial charge is 0.381 e. The second-order valence-electron chi connectivity index (χ2n) is 5.61. The van der Waals surface area contributed by atoms with Gasteiger partial charge in [0.2, 0.25) is 5.82 Å². The lowest BCUT2D eigenvalue weighted by Gasteiger charge is -2.21. The first kappa shape index (κ1) is 15.0. The van der Waals surface area contributed by atoms with Crippen LogP contribution in [0.5, 0.6) is 0 Å². The van der Waals surface area contributed by atoms with Crippen LogP contribution in [0.1, 0.15) is 18.7 Å². The lowest BCUT2D eigenvalue weighted by atomic mass is 10.2. The van der Waals surface area contributed by atoms with E-state index in [1.165, 1.54) is 0 Å². The Hall–Kier alpha value is -2.51. The Morgan fingerprint density at radius 1 is 1.21 bits per heavy atom. The number of pyridine rings is 1. The van der Waals surface area contributed by atoms with E-state index in [2.05, 4.69) is 20.1 Å². The Bertz CT molecular complexity index is 833. The zero-order valence-corrected chi connectivity index (χ0v) is 13.1. The van der Waals surface area contributed by atoms with Crippen molar-refractivity contribution in [2.45, 2.75) is 18.9 Å². The summed E-state index contributed by atoms with van der Waals surface area (Å²) in [5, 5.41) is 3.98. The van der Waals surface area contributed by atoms with Crippen molar-refractivity contribution in [3.63, 3.8) is 0 Å². The van der Waals surface area contributed by atoms with E-state index in [0.29, 0.717) is 24.0 Å². The molecule has 1 saturated heterocycles. The quantitative estimate of drug-likeness (QED) is 0.776. The highest BCUT2D eigenvalue weighted by Gasteiger charge is 2.13. The van der Waals surface area contributed by atoms with E-state index in [1.54, 1.807) is 6.08 Å². The van der Waals surface area contributed by atoms with Gasteiger partial charge in [-0.2, -0.15) is 4.98 Å². The maximum absolute atomic E-state index is 5.76. The lowest BCUT2D eigenvalue weighted by Crippen LogP contribution is -2.23. The first-order valence-corrected chi connectivity index (χ1v) is 8.02. The van der Waals surface area contributed by atoms with Crippen molar-refractivity contribution in [1.82, 2.24) is 20.1 Å². The molecule has 4 rings (SSSR count). The fourth-order valence-corrected chi connectivity index (χ4v) is 2.65. The smallest absolute Gasteiger partial charge is 0.250 e. The van der Waals surface area contributed by atoms with E-state index in [9.17, 15) is 0 Å². The predicted octanol–water partition coefficient (Wildman–Crippen LogP) is 2.82. The Morgan fingerprint density at radius 3 is 3.04 bits per heavy atom. The third-order valence-electron chi connectivity index (χ3n) is 3.93. The third-order valence-corrected chi connectivity index (χ3v) is 3.93. The van der Waals surface area contributed by atoms with Crippen LogP contribution in [-0.4, -0.2) is 46.0 Å². The molecule has 0 saturated carbocycles. The molecule has 0 amide bonds. The van der Waals surface area contributed by atoms with E-state index in [1.807, 2.05) is 30.5 Å². The monoisotopic (exact) mass is 326 g/mol. The third kappa shape index (κ3) is 3.37. The van der Waals surface area contributed by atoms with Crippen LogP contribution in [0.15, 0.2) is 35.0 Å². The first-order chi connectivity index (χ1) is 11.9. The molecule has 0 spiro atoms. The van der Waals surface area contributed by atoms with Gasteiger partial charge in [-0.1, -0.05) is 11.2 Å². The van der Waals surface area contributed by atoms with Gasteiger partial charge >= 0.3 is 0 Å². The summed E-state index contributed by atoms with van der Waals surface area (Å²) < 4.78 is 16.3. The van der Waals surface area contributed by atoms with Crippen molar-refractivity contribution < 1.29 is 14.0 Å². The molecular formula is C17H18N4O3. The number of hydrogen-bond donors (Lipinski definition) is 1. The van der Waals surface area contributed by atoms with Crippen LogP contribution in [0.4, 0.5) is 0 Å². The van der Waals surface area contributed by atoms with Gasteiger partial charge in [-0.25, -0.2) is 4.98 Å². The van der Waals surface area contributed by atoms with Gasteiger partial charge in [-0.3, -0.25) is 0 Å². The lowest BCUT2D eigenvalue weighted by molar-refractivity contribution is -0.0221. The SMILES string of the molecule is C(=C\c1nc(-c2ccc3[nH]ccc3n2)no1)/COC1CCOCC1. The Kier molecular flexibility index (Phi) is 4.35. The van der Waals surface area contributed by atoms with E-state index in [-0.39, 0.29) is 6.10 Å². The number of H-pyrrole nitrogens is 1. The molecule has 0 unspecified atom stereocenters. The maximum atomic E-state index is 5.76. The van der Waals surface area contributed by atoms with Crippen LogP contribution in [0.2, 0.25) is 0 Å². The number of fused-ring (bicyclic) bond motifs is 1. The summed E-state index contributed by atoms with van der Waals surface area (Å²) in [4.78, 5) is 11.9. The van der Waals surface area contributed by atoms with Gasteiger partial charge in [0.1, 0.15) is 5.69 Å². The second-order valence-corrected chi connectivity index (χ2v) is 5.61. The Balaban J connectivity index is 1.38. The molecule has 1 fully saturated rings. The van der Waals surface area contributed by atoms with E-state index < -0.39 is 0 Å². The van der Waals surface area contributed by atoms with E-state index in [0.717, 1.165) is 37.1 Å². The van der Waals surface area contributed by atoms with Crippen LogP contribution in [0.25, 0.3) is 28.6 Å². The molecule has 3 aromatic rings. The van der Waals surface area contributed by atoms with E-state index in [4.69, 9.17) is 14.0 Å². The molecule has 4 heterocycles. The fourth-order valence-electron chi connectivity index (χ4n) is 2.65. The average Bonchev–Trinajstić information content (AvgIpc) is 3.28. The average molecular weight is 326 g/mol.